The molecule has 0 spiro atoms. The molecule has 4 rings (SSSR count). The van der Waals surface area contributed by atoms with E-state index in [0.29, 0.717) is 19.7 Å². The maximum atomic E-state index is 12.8. The molecule has 0 atom stereocenters. The van der Waals surface area contributed by atoms with E-state index in [1.54, 1.807) is 7.11 Å². The van der Waals surface area contributed by atoms with Gasteiger partial charge in [0.05, 0.1) is 18.7 Å². The minimum absolute atomic E-state index is 0.178. The van der Waals surface area contributed by atoms with Gasteiger partial charge in [-0.3, -0.25) is 4.79 Å². The highest BCUT2D eigenvalue weighted by atomic mass is 16.5. The Morgan fingerprint density at radius 3 is 2.67 bits per heavy atom. The molecule has 144 valence electrons. The first-order valence-corrected chi connectivity index (χ1v) is 9.84. The molecule has 2 heterocycles. The Kier molecular flexibility index (Phi) is 5.43. The summed E-state index contributed by atoms with van der Waals surface area (Å²) in [7, 11) is 1.67. The summed E-state index contributed by atoms with van der Waals surface area (Å²) < 4.78 is 11.0. The number of amides is 1. The molecular formula is C21H27N3O3. The SMILES string of the molecule is COCCN(Cc1c(-c2ccccc2)noc1N1CCCC1)C(=O)C1CC1. The largest absolute Gasteiger partial charge is 0.383 e. The van der Waals surface area contributed by atoms with Gasteiger partial charge in [-0.15, -0.1) is 0 Å². The molecular weight excluding hydrogens is 342 g/mol. The highest BCUT2D eigenvalue weighted by Crippen LogP contribution is 2.36. The van der Waals surface area contributed by atoms with Crippen molar-refractivity contribution in [2.24, 2.45) is 5.92 Å². The molecule has 1 saturated heterocycles. The van der Waals surface area contributed by atoms with Crippen molar-refractivity contribution in [1.82, 2.24) is 10.1 Å². The number of methoxy groups -OCH3 is 1. The van der Waals surface area contributed by atoms with E-state index in [1.165, 1.54) is 0 Å². The Labute approximate surface area is 160 Å². The lowest BCUT2D eigenvalue weighted by molar-refractivity contribution is -0.133. The molecule has 0 radical (unpaired) electrons. The zero-order valence-corrected chi connectivity index (χ0v) is 15.9. The first-order valence-electron chi connectivity index (χ1n) is 9.84. The summed E-state index contributed by atoms with van der Waals surface area (Å²) in [6.45, 7) is 3.59. The number of hydrogen-bond donors (Lipinski definition) is 0. The third-order valence-electron chi connectivity index (χ3n) is 5.36. The van der Waals surface area contributed by atoms with Crippen molar-refractivity contribution < 1.29 is 14.1 Å². The number of ether oxygens (including phenoxy) is 1. The second kappa shape index (κ2) is 8.13. The van der Waals surface area contributed by atoms with Crippen LogP contribution in [0.3, 0.4) is 0 Å². The van der Waals surface area contributed by atoms with Crippen LogP contribution >= 0.6 is 0 Å². The van der Waals surface area contributed by atoms with Crippen molar-refractivity contribution in [3.8, 4) is 11.3 Å². The van der Waals surface area contributed by atoms with Crippen molar-refractivity contribution in [1.29, 1.82) is 0 Å². The zero-order valence-electron chi connectivity index (χ0n) is 15.9. The Morgan fingerprint density at radius 2 is 2.00 bits per heavy atom. The predicted molar refractivity (Wildman–Crippen MR) is 103 cm³/mol. The third-order valence-corrected chi connectivity index (χ3v) is 5.36. The fourth-order valence-electron chi connectivity index (χ4n) is 3.68. The van der Waals surface area contributed by atoms with E-state index in [9.17, 15) is 4.79 Å². The molecule has 27 heavy (non-hydrogen) atoms. The van der Waals surface area contributed by atoms with Crippen LogP contribution in [-0.2, 0) is 16.1 Å². The van der Waals surface area contributed by atoms with Gasteiger partial charge >= 0.3 is 0 Å². The van der Waals surface area contributed by atoms with Gasteiger partial charge in [-0.1, -0.05) is 35.5 Å². The summed E-state index contributed by atoms with van der Waals surface area (Å²) in [4.78, 5) is 17.0. The van der Waals surface area contributed by atoms with Crippen molar-refractivity contribution in [2.75, 3.05) is 38.3 Å². The molecule has 6 nitrogen and oxygen atoms in total. The summed E-state index contributed by atoms with van der Waals surface area (Å²) in [6, 6.07) is 10.1. The van der Waals surface area contributed by atoms with Crippen molar-refractivity contribution in [3.63, 3.8) is 0 Å². The number of aromatic nitrogens is 1. The maximum Gasteiger partial charge on any atom is 0.232 e. The second-order valence-electron chi connectivity index (χ2n) is 7.40. The van der Waals surface area contributed by atoms with E-state index in [1.807, 2.05) is 35.2 Å². The Morgan fingerprint density at radius 1 is 1.26 bits per heavy atom. The van der Waals surface area contributed by atoms with Gasteiger partial charge in [-0.25, -0.2) is 0 Å². The molecule has 2 aliphatic rings. The van der Waals surface area contributed by atoms with Gasteiger partial charge in [-0.2, -0.15) is 0 Å². The lowest BCUT2D eigenvalue weighted by Gasteiger charge is -2.24. The maximum absolute atomic E-state index is 12.8. The molecule has 0 unspecified atom stereocenters. The highest BCUT2D eigenvalue weighted by molar-refractivity contribution is 5.81. The van der Waals surface area contributed by atoms with Gasteiger partial charge in [0.15, 0.2) is 0 Å². The van der Waals surface area contributed by atoms with Gasteiger partial charge < -0.3 is 19.1 Å². The Balaban J connectivity index is 1.67. The number of nitrogens with zero attached hydrogens (tertiary/aromatic N) is 3. The van der Waals surface area contributed by atoms with Crippen LogP contribution in [0.1, 0.15) is 31.2 Å². The van der Waals surface area contributed by atoms with Crippen LogP contribution < -0.4 is 4.90 Å². The predicted octanol–water partition coefficient (Wildman–Crippen LogP) is 3.33. The van der Waals surface area contributed by atoms with E-state index >= 15 is 0 Å². The van der Waals surface area contributed by atoms with E-state index in [4.69, 9.17) is 9.26 Å². The van der Waals surface area contributed by atoms with E-state index in [2.05, 4.69) is 10.1 Å². The molecule has 2 fully saturated rings. The summed E-state index contributed by atoms with van der Waals surface area (Å²) in [5.41, 5.74) is 2.86. The first kappa shape index (κ1) is 18.0. The zero-order chi connectivity index (χ0) is 18.6. The standard InChI is InChI=1S/C21H27N3O3/c1-26-14-13-24(20(25)17-9-10-17)15-18-19(16-7-3-2-4-8-16)22-27-21(18)23-11-5-6-12-23/h2-4,7-8,17H,5-6,9-15H2,1H3. The molecule has 0 bridgehead atoms. The average molecular weight is 369 g/mol. The number of anilines is 1. The summed E-state index contributed by atoms with van der Waals surface area (Å²) in [6.07, 6.45) is 4.32. The molecule has 2 aromatic rings. The molecule has 1 aliphatic carbocycles. The molecule has 0 N–H and O–H groups in total. The van der Waals surface area contributed by atoms with Crippen molar-refractivity contribution >= 4 is 11.8 Å². The quantitative estimate of drug-likeness (QED) is 0.714. The lowest BCUT2D eigenvalue weighted by atomic mass is 10.1. The van der Waals surface area contributed by atoms with E-state index in [-0.39, 0.29) is 11.8 Å². The number of carbonyl (C=O) groups is 1. The van der Waals surface area contributed by atoms with Gasteiger partial charge in [-0.05, 0) is 25.7 Å². The first-order chi connectivity index (χ1) is 13.3. The molecule has 1 amide bonds. The normalized spacial score (nSPS) is 16.7. The molecule has 1 saturated carbocycles. The summed E-state index contributed by atoms with van der Waals surface area (Å²) in [5, 5.41) is 4.40. The number of carbonyl (C=O) groups excluding carboxylic acids is 1. The smallest absolute Gasteiger partial charge is 0.232 e. The minimum Gasteiger partial charge on any atom is -0.383 e. The van der Waals surface area contributed by atoms with Crippen LogP contribution in [0.2, 0.25) is 0 Å². The van der Waals surface area contributed by atoms with Crippen molar-refractivity contribution in [2.45, 2.75) is 32.2 Å². The monoisotopic (exact) mass is 369 g/mol. The van der Waals surface area contributed by atoms with Gasteiger partial charge in [0.2, 0.25) is 11.8 Å². The van der Waals surface area contributed by atoms with Gasteiger partial charge in [0.25, 0.3) is 0 Å². The van der Waals surface area contributed by atoms with E-state index < -0.39 is 0 Å². The van der Waals surface area contributed by atoms with Crippen molar-refractivity contribution in [3.05, 3.63) is 35.9 Å². The van der Waals surface area contributed by atoms with Crippen LogP contribution in [0.15, 0.2) is 34.9 Å². The number of hydrogen-bond acceptors (Lipinski definition) is 5. The summed E-state index contributed by atoms with van der Waals surface area (Å²) >= 11 is 0. The van der Waals surface area contributed by atoms with Crippen LogP contribution in [0.25, 0.3) is 11.3 Å². The second-order valence-corrected chi connectivity index (χ2v) is 7.40. The Bertz CT molecular complexity index is 764. The molecule has 6 heteroatoms. The fourth-order valence-corrected chi connectivity index (χ4v) is 3.68. The van der Waals surface area contributed by atoms with Crippen LogP contribution in [0, 0.1) is 5.92 Å². The number of rotatable bonds is 8. The van der Waals surface area contributed by atoms with Gasteiger partial charge in [0.1, 0.15) is 5.69 Å². The lowest BCUT2D eigenvalue weighted by Crippen LogP contribution is -2.35. The van der Waals surface area contributed by atoms with E-state index in [0.717, 1.165) is 61.5 Å². The molecule has 1 aromatic heterocycles. The number of benzene rings is 1. The van der Waals surface area contributed by atoms with Crippen LogP contribution in [0.4, 0.5) is 5.88 Å². The molecule has 1 aliphatic heterocycles. The Hall–Kier alpha value is -2.34. The average Bonchev–Trinajstić information content (AvgIpc) is 3.25. The highest BCUT2D eigenvalue weighted by Gasteiger charge is 2.35. The van der Waals surface area contributed by atoms with Crippen LogP contribution in [0.5, 0.6) is 0 Å². The third kappa shape index (κ3) is 4.00. The molecule has 1 aromatic carbocycles. The topological polar surface area (TPSA) is 58.8 Å². The fraction of sp³-hybridized carbons (Fsp3) is 0.524. The van der Waals surface area contributed by atoms with Gasteiger partial charge in [0, 0.05) is 38.2 Å². The summed E-state index contributed by atoms with van der Waals surface area (Å²) in [5.74, 6) is 1.22. The minimum atomic E-state index is 0.178. The van der Waals surface area contributed by atoms with Crippen LogP contribution in [-0.4, -0.2) is 49.3 Å².